The van der Waals surface area contributed by atoms with Crippen LogP contribution in [0.15, 0.2) is 41.6 Å². The molecular formula is C12H15N5OS. The van der Waals surface area contributed by atoms with Gasteiger partial charge >= 0.3 is 0 Å². The van der Waals surface area contributed by atoms with Crippen LogP contribution in [0.3, 0.4) is 0 Å². The van der Waals surface area contributed by atoms with Crippen LogP contribution in [0.4, 0.5) is 17.3 Å². The molecule has 0 aliphatic rings. The van der Waals surface area contributed by atoms with E-state index in [1.807, 2.05) is 18.2 Å². The number of anilines is 3. The van der Waals surface area contributed by atoms with E-state index >= 15 is 0 Å². The molecule has 0 saturated heterocycles. The summed E-state index contributed by atoms with van der Waals surface area (Å²) >= 11 is 0. The lowest BCUT2D eigenvalue weighted by atomic mass is 10.3. The van der Waals surface area contributed by atoms with E-state index in [0.717, 1.165) is 11.5 Å². The van der Waals surface area contributed by atoms with E-state index in [1.165, 1.54) is 6.33 Å². The average Bonchev–Trinajstić information content (AvgIpc) is 2.47. The summed E-state index contributed by atoms with van der Waals surface area (Å²) in [4.78, 5) is 8.87. The number of nitrogens with one attached hydrogen (secondary N) is 3. The minimum absolute atomic E-state index is 0.673. The highest BCUT2D eigenvalue weighted by Crippen LogP contribution is 2.18. The molecule has 6 nitrogen and oxygen atoms in total. The second-order valence-corrected chi connectivity index (χ2v) is 5.08. The lowest BCUT2D eigenvalue weighted by molar-refractivity contribution is 0.678. The van der Waals surface area contributed by atoms with Gasteiger partial charge in [0.05, 0.1) is 4.90 Å². The van der Waals surface area contributed by atoms with E-state index < -0.39 is 11.0 Å². The van der Waals surface area contributed by atoms with Gasteiger partial charge in [0.15, 0.2) is 0 Å². The molecule has 0 saturated carbocycles. The number of aromatic nitrogens is 2. The second-order valence-electron chi connectivity index (χ2n) is 3.66. The van der Waals surface area contributed by atoms with E-state index in [1.54, 1.807) is 26.2 Å². The molecule has 0 aliphatic carbocycles. The number of nitrogens with zero attached hydrogens (tertiary/aromatic N) is 2. The van der Waals surface area contributed by atoms with E-state index in [4.69, 9.17) is 0 Å². The minimum atomic E-state index is -1.20. The van der Waals surface area contributed by atoms with Gasteiger partial charge in [-0.1, -0.05) is 6.07 Å². The quantitative estimate of drug-likeness (QED) is 0.772. The zero-order valence-electron chi connectivity index (χ0n) is 10.7. The van der Waals surface area contributed by atoms with Crippen LogP contribution in [0.2, 0.25) is 0 Å². The van der Waals surface area contributed by atoms with E-state index in [2.05, 4.69) is 25.3 Å². The van der Waals surface area contributed by atoms with Crippen molar-refractivity contribution >= 4 is 28.3 Å². The number of hydrogen-bond donors (Lipinski definition) is 3. The highest BCUT2D eigenvalue weighted by atomic mass is 32.2. The Morgan fingerprint density at radius 3 is 2.63 bits per heavy atom. The molecule has 19 heavy (non-hydrogen) atoms. The summed E-state index contributed by atoms with van der Waals surface area (Å²) in [6.45, 7) is 0. The summed E-state index contributed by atoms with van der Waals surface area (Å²) in [5.74, 6) is 1.40. The highest BCUT2D eigenvalue weighted by molar-refractivity contribution is 7.83. The lowest BCUT2D eigenvalue weighted by Gasteiger charge is -2.08. The van der Waals surface area contributed by atoms with Gasteiger partial charge < -0.3 is 10.6 Å². The molecule has 0 aliphatic heterocycles. The molecule has 0 radical (unpaired) electrons. The summed E-state index contributed by atoms with van der Waals surface area (Å²) in [6, 6.07) is 9.14. The Morgan fingerprint density at radius 1 is 1.11 bits per heavy atom. The van der Waals surface area contributed by atoms with Gasteiger partial charge in [0.1, 0.15) is 28.9 Å². The molecule has 0 fully saturated rings. The first kappa shape index (κ1) is 13.4. The predicted octanol–water partition coefficient (Wildman–Crippen LogP) is 1.50. The van der Waals surface area contributed by atoms with Crippen LogP contribution in [-0.4, -0.2) is 28.3 Å². The molecule has 1 heterocycles. The van der Waals surface area contributed by atoms with Crippen LogP contribution < -0.4 is 15.4 Å². The monoisotopic (exact) mass is 277 g/mol. The second kappa shape index (κ2) is 6.26. The molecule has 0 spiro atoms. The molecule has 1 unspecified atom stereocenters. The summed E-state index contributed by atoms with van der Waals surface area (Å²) in [7, 11) is 2.25. The van der Waals surface area contributed by atoms with Crippen molar-refractivity contribution in [3.8, 4) is 0 Å². The van der Waals surface area contributed by atoms with Gasteiger partial charge in [-0.05, 0) is 25.2 Å². The van der Waals surface area contributed by atoms with E-state index in [-0.39, 0.29) is 0 Å². The highest BCUT2D eigenvalue weighted by Gasteiger charge is 2.03. The largest absolute Gasteiger partial charge is 0.373 e. The van der Waals surface area contributed by atoms with Gasteiger partial charge in [-0.25, -0.2) is 18.9 Å². The summed E-state index contributed by atoms with van der Waals surface area (Å²) in [5, 5.41) is 6.09. The maximum Gasteiger partial charge on any atom is 0.135 e. The van der Waals surface area contributed by atoms with Gasteiger partial charge in [-0.15, -0.1) is 0 Å². The van der Waals surface area contributed by atoms with Crippen LogP contribution in [-0.2, 0) is 11.0 Å². The van der Waals surface area contributed by atoms with Gasteiger partial charge in [-0.2, -0.15) is 0 Å². The Hall–Kier alpha value is -1.99. The van der Waals surface area contributed by atoms with Crippen molar-refractivity contribution < 1.29 is 4.21 Å². The third-order valence-corrected chi connectivity index (χ3v) is 3.48. The Kier molecular flexibility index (Phi) is 4.43. The molecule has 0 amide bonds. The average molecular weight is 277 g/mol. The SMILES string of the molecule is CNc1cc(Nc2cccc(S(=O)NC)c2)ncn1. The first-order chi connectivity index (χ1) is 9.22. The fourth-order valence-electron chi connectivity index (χ4n) is 1.52. The van der Waals surface area contributed by atoms with Crippen LogP contribution >= 0.6 is 0 Å². The zero-order valence-corrected chi connectivity index (χ0v) is 11.5. The number of benzene rings is 1. The molecule has 2 aromatic rings. The molecule has 0 bridgehead atoms. The number of rotatable bonds is 5. The predicted molar refractivity (Wildman–Crippen MR) is 76.8 cm³/mol. The Labute approximate surface area is 114 Å². The van der Waals surface area contributed by atoms with Crippen molar-refractivity contribution in [3.63, 3.8) is 0 Å². The van der Waals surface area contributed by atoms with Crippen LogP contribution in [0.5, 0.6) is 0 Å². The van der Waals surface area contributed by atoms with Crippen molar-refractivity contribution in [1.29, 1.82) is 0 Å². The molecule has 7 heteroatoms. The maximum atomic E-state index is 11.7. The van der Waals surface area contributed by atoms with Gasteiger partial charge in [0.2, 0.25) is 0 Å². The van der Waals surface area contributed by atoms with Crippen molar-refractivity contribution in [1.82, 2.24) is 14.7 Å². The minimum Gasteiger partial charge on any atom is -0.373 e. The first-order valence-corrected chi connectivity index (χ1v) is 6.84. The molecule has 2 rings (SSSR count). The third-order valence-electron chi connectivity index (χ3n) is 2.43. The zero-order chi connectivity index (χ0) is 13.7. The molecule has 1 aromatic carbocycles. The standard InChI is InChI=1S/C12H15N5OS/c1-13-11-7-12(16-8-15-11)17-9-4-3-5-10(6-9)19(18)14-2/h3-8,14H,1-2H3,(H2,13,15,16,17). The van der Waals surface area contributed by atoms with Crippen LogP contribution in [0.1, 0.15) is 0 Å². The Morgan fingerprint density at radius 2 is 1.89 bits per heavy atom. The van der Waals surface area contributed by atoms with Gasteiger partial charge in [0, 0.05) is 18.8 Å². The summed E-state index contributed by atoms with van der Waals surface area (Å²) < 4.78 is 14.4. The smallest absolute Gasteiger partial charge is 0.135 e. The molecule has 1 atom stereocenters. The summed E-state index contributed by atoms with van der Waals surface area (Å²) in [5.41, 5.74) is 0.821. The van der Waals surface area contributed by atoms with Crippen LogP contribution in [0, 0.1) is 0 Å². The number of hydrogen-bond acceptors (Lipinski definition) is 5. The fraction of sp³-hybridized carbons (Fsp3) is 0.167. The van der Waals surface area contributed by atoms with E-state index in [9.17, 15) is 4.21 Å². The van der Waals surface area contributed by atoms with Crippen molar-refractivity contribution in [2.75, 3.05) is 24.7 Å². The molecular weight excluding hydrogens is 262 g/mol. The molecule has 3 N–H and O–H groups in total. The van der Waals surface area contributed by atoms with Gasteiger partial charge in [-0.3, -0.25) is 0 Å². The molecule has 1 aromatic heterocycles. The normalized spacial score (nSPS) is 11.9. The van der Waals surface area contributed by atoms with Crippen LogP contribution in [0.25, 0.3) is 0 Å². The van der Waals surface area contributed by atoms with Gasteiger partial charge in [0.25, 0.3) is 0 Å². The maximum absolute atomic E-state index is 11.7. The fourth-order valence-corrected chi connectivity index (χ4v) is 2.19. The topological polar surface area (TPSA) is 78.9 Å². The first-order valence-electron chi connectivity index (χ1n) is 5.69. The lowest BCUT2D eigenvalue weighted by Crippen LogP contribution is -2.10. The molecule has 100 valence electrons. The Balaban J connectivity index is 2.20. The van der Waals surface area contributed by atoms with Crippen molar-refractivity contribution in [3.05, 3.63) is 36.7 Å². The summed E-state index contributed by atoms with van der Waals surface area (Å²) in [6.07, 6.45) is 1.48. The third kappa shape index (κ3) is 3.49. The van der Waals surface area contributed by atoms with Crippen molar-refractivity contribution in [2.45, 2.75) is 4.90 Å². The van der Waals surface area contributed by atoms with Crippen molar-refractivity contribution in [2.24, 2.45) is 0 Å². The Bertz CT molecular complexity index is 590. The van der Waals surface area contributed by atoms with E-state index in [0.29, 0.717) is 10.7 Å².